The molecule has 0 heterocycles. The van der Waals surface area contributed by atoms with E-state index in [-0.39, 0.29) is 5.92 Å². The topological polar surface area (TPSA) is 33.0 Å². The van der Waals surface area contributed by atoms with Crippen molar-refractivity contribution < 1.29 is 4.74 Å². The van der Waals surface area contributed by atoms with Crippen LogP contribution >= 0.6 is 0 Å². The molecule has 1 aliphatic rings. The summed E-state index contributed by atoms with van der Waals surface area (Å²) in [5, 5.41) is 9.63. The maximum absolute atomic E-state index is 9.63. The van der Waals surface area contributed by atoms with E-state index in [1.165, 1.54) is 44.1 Å². The molecule has 1 unspecified atom stereocenters. The lowest BCUT2D eigenvalue weighted by Gasteiger charge is -2.22. The Bertz CT molecular complexity index is 453. The van der Waals surface area contributed by atoms with Crippen LogP contribution in [-0.4, -0.2) is 7.11 Å². The Labute approximate surface area is 116 Å². The summed E-state index contributed by atoms with van der Waals surface area (Å²) in [6, 6.07) is 8.70. The van der Waals surface area contributed by atoms with E-state index < -0.39 is 0 Å². The fraction of sp³-hybridized carbons (Fsp3) is 0.588. The second kappa shape index (κ2) is 6.61. The van der Waals surface area contributed by atoms with Crippen LogP contribution in [0.3, 0.4) is 0 Å². The van der Waals surface area contributed by atoms with Crippen LogP contribution in [0.1, 0.15) is 55.6 Å². The Morgan fingerprint density at radius 3 is 2.47 bits per heavy atom. The first-order valence-electron chi connectivity index (χ1n) is 7.30. The van der Waals surface area contributed by atoms with Crippen LogP contribution in [0.15, 0.2) is 18.2 Å². The van der Waals surface area contributed by atoms with E-state index in [9.17, 15) is 5.26 Å². The molecule has 1 aliphatic carbocycles. The fourth-order valence-corrected chi connectivity index (χ4v) is 3.17. The van der Waals surface area contributed by atoms with Crippen molar-refractivity contribution in [2.45, 2.75) is 51.4 Å². The van der Waals surface area contributed by atoms with E-state index in [4.69, 9.17) is 4.74 Å². The van der Waals surface area contributed by atoms with E-state index >= 15 is 0 Å². The Morgan fingerprint density at radius 1 is 1.21 bits per heavy atom. The van der Waals surface area contributed by atoms with Crippen LogP contribution in [0.4, 0.5) is 0 Å². The van der Waals surface area contributed by atoms with Crippen molar-refractivity contribution in [2.75, 3.05) is 7.11 Å². The predicted octanol–water partition coefficient (Wildman–Crippen LogP) is 4.58. The minimum absolute atomic E-state index is 0.0204. The van der Waals surface area contributed by atoms with Crippen molar-refractivity contribution in [3.05, 3.63) is 29.3 Å². The molecular formula is C17H23NO. The van der Waals surface area contributed by atoms with Crippen molar-refractivity contribution in [1.82, 2.24) is 0 Å². The second-order valence-corrected chi connectivity index (χ2v) is 5.60. The molecule has 1 saturated carbocycles. The maximum Gasteiger partial charge on any atom is 0.123 e. The molecule has 1 fully saturated rings. The molecule has 1 aromatic rings. The molecule has 102 valence electrons. The highest BCUT2D eigenvalue weighted by Gasteiger charge is 2.26. The van der Waals surface area contributed by atoms with Gasteiger partial charge in [-0.15, -0.1) is 0 Å². The number of hydrogen-bond donors (Lipinski definition) is 0. The van der Waals surface area contributed by atoms with Crippen molar-refractivity contribution in [3.8, 4) is 11.8 Å². The predicted molar refractivity (Wildman–Crippen MR) is 77.3 cm³/mol. The number of methoxy groups -OCH3 is 1. The molecule has 0 amide bonds. The number of aryl methyl sites for hydroxylation is 1. The average Bonchev–Trinajstić information content (AvgIpc) is 2.69. The van der Waals surface area contributed by atoms with Gasteiger partial charge in [0.1, 0.15) is 5.75 Å². The van der Waals surface area contributed by atoms with Gasteiger partial charge in [0.05, 0.1) is 19.1 Å². The molecular weight excluding hydrogens is 234 g/mol. The minimum atomic E-state index is -0.0204. The van der Waals surface area contributed by atoms with Gasteiger partial charge in [0.25, 0.3) is 0 Å². The van der Waals surface area contributed by atoms with Gasteiger partial charge in [-0.3, -0.25) is 0 Å². The fourth-order valence-electron chi connectivity index (χ4n) is 3.17. The molecule has 0 saturated heterocycles. The second-order valence-electron chi connectivity index (χ2n) is 5.60. The smallest absolute Gasteiger partial charge is 0.123 e. The zero-order valence-electron chi connectivity index (χ0n) is 12.0. The van der Waals surface area contributed by atoms with Crippen LogP contribution in [-0.2, 0) is 0 Å². The highest BCUT2D eigenvalue weighted by Crippen LogP contribution is 2.38. The lowest BCUT2D eigenvalue weighted by molar-refractivity contribution is 0.384. The summed E-state index contributed by atoms with van der Waals surface area (Å²) >= 11 is 0. The third-order valence-corrected chi connectivity index (χ3v) is 4.23. The summed E-state index contributed by atoms with van der Waals surface area (Å²) in [5.74, 6) is 1.33. The SMILES string of the molecule is COc1ccc(C)cc1C(C#N)C1CCCCCC1. The van der Waals surface area contributed by atoms with E-state index in [1.54, 1.807) is 7.11 Å². The first-order valence-corrected chi connectivity index (χ1v) is 7.30. The van der Waals surface area contributed by atoms with Gasteiger partial charge in [0, 0.05) is 5.56 Å². The van der Waals surface area contributed by atoms with Crippen LogP contribution in [0.5, 0.6) is 5.75 Å². The zero-order chi connectivity index (χ0) is 13.7. The van der Waals surface area contributed by atoms with E-state index in [0.717, 1.165) is 11.3 Å². The summed E-state index contributed by atoms with van der Waals surface area (Å²) in [7, 11) is 1.69. The molecule has 0 aromatic heterocycles. The highest BCUT2D eigenvalue weighted by molar-refractivity contribution is 5.42. The van der Waals surface area contributed by atoms with Gasteiger partial charge in [-0.1, -0.05) is 43.4 Å². The van der Waals surface area contributed by atoms with Gasteiger partial charge >= 0.3 is 0 Å². The van der Waals surface area contributed by atoms with E-state index in [1.807, 2.05) is 12.1 Å². The standard InChI is InChI=1S/C17H23NO/c1-13-9-10-17(19-2)15(11-13)16(12-18)14-7-5-3-4-6-8-14/h9-11,14,16H,3-8H2,1-2H3. The summed E-state index contributed by atoms with van der Waals surface area (Å²) < 4.78 is 5.45. The molecule has 2 heteroatoms. The number of ether oxygens (including phenoxy) is 1. The molecule has 1 atom stereocenters. The molecule has 2 rings (SSSR count). The van der Waals surface area contributed by atoms with Crippen LogP contribution in [0.2, 0.25) is 0 Å². The molecule has 1 aromatic carbocycles. The third-order valence-electron chi connectivity index (χ3n) is 4.23. The van der Waals surface area contributed by atoms with Crippen molar-refractivity contribution >= 4 is 0 Å². The Morgan fingerprint density at radius 2 is 1.89 bits per heavy atom. The highest BCUT2D eigenvalue weighted by atomic mass is 16.5. The van der Waals surface area contributed by atoms with Gasteiger partial charge in [0.2, 0.25) is 0 Å². The lowest BCUT2D eigenvalue weighted by atomic mass is 9.81. The lowest BCUT2D eigenvalue weighted by Crippen LogP contribution is -2.12. The van der Waals surface area contributed by atoms with Gasteiger partial charge in [-0.2, -0.15) is 5.26 Å². The van der Waals surface area contributed by atoms with Gasteiger partial charge in [-0.25, -0.2) is 0 Å². The van der Waals surface area contributed by atoms with Crippen LogP contribution in [0.25, 0.3) is 0 Å². The molecule has 19 heavy (non-hydrogen) atoms. The molecule has 0 N–H and O–H groups in total. The number of nitriles is 1. The van der Waals surface area contributed by atoms with Crippen molar-refractivity contribution in [1.29, 1.82) is 5.26 Å². The van der Waals surface area contributed by atoms with E-state index in [2.05, 4.69) is 19.1 Å². The van der Waals surface area contributed by atoms with Crippen molar-refractivity contribution in [3.63, 3.8) is 0 Å². The summed E-state index contributed by atoms with van der Waals surface area (Å²) in [6.07, 6.45) is 7.51. The third kappa shape index (κ3) is 3.29. The maximum atomic E-state index is 9.63. The Kier molecular flexibility index (Phi) is 4.85. The first-order chi connectivity index (χ1) is 9.26. The largest absolute Gasteiger partial charge is 0.496 e. The molecule has 0 spiro atoms. The number of benzene rings is 1. The van der Waals surface area contributed by atoms with E-state index in [0.29, 0.717) is 5.92 Å². The number of hydrogen-bond acceptors (Lipinski definition) is 2. The van der Waals surface area contributed by atoms with Gasteiger partial charge in [-0.05, 0) is 31.7 Å². The normalized spacial score (nSPS) is 18.4. The van der Waals surface area contributed by atoms with Gasteiger partial charge in [0.15, 0.2) is 0 Å². The summed E-state index contributed by atoms with van der Waals surface area (Å²) in [6.45, 7) is 2.07. The zero-order valence-corrected chi connectivity index (χ0v) is 12.0. The summed E-state index contributed by atoms with van der Waals surface area (Å²) in [5.41, 5.74) is 2.28. The molecule has 0 radical (unpaired) electrons. The van der Waals surface area contributed by atoms with Crippen molar-refractivity contribution in [2.24, 2.45) is 5.92 Å². The van der Waals surface area contributed by atoms with Crippen LogP contribution < -0.4 is 4.74 Å². The number of rotatable bonds is 3. The quantitative estimate of drug-likeness (QED) is 0.742. The van der Waals surface area contributed by atoms with Crippen LogP contribution in [0, 0.1) is 24.2 Å². The van der Waals surface area contributed by atoms with Gasteiger partial charge < -0.3 is 4.74 Å². The Balaban J connectivity index is 2.30. The summed E-state index contributed by atoms with van der Waals surface area (Å²) in [4.78, 5) is 0. The average molecular weight is 257 g/mol. The molecule has 0 bridgehead atoms. The molecule has 2 nitrogen and oxygen atoms in total. The monoisotopic (exact) mass is 257 g/mol. The molecule has 0 aliphatic heterocycles. The minimum Gasteiger partial charge on any atom is -0.496 e. The number of nitrogens with zero attached hydrogens (tertiary/aromatic N) is 1. The Hall–Kier alpha value is -1.49. The first kappa shape index (κ1) is 13.9.